The van der Waals surface area contributed by atoms with Crippen LogP contribution in [0.2, 0.25) is 0 Å². The predicted octanol–water partition coefficient (Wildman–Crippen LogP) is 7.89. The van der Waals surface area contributed by atoms with Crippen LogP contribution in [0.4, 0.5) is 17.6 Å². The Labute approximate surface area is 378 Å². The molecule has 0 aliphatic carbocycles. The van der Waals surface area contributed by atoms with Crippen molar-refractivity contribution < 1.29 is 53.1 Å². The molecule has 2 N–H and O–H groups in total. The molecule has 342 valence electrons. The summed E-state index contributed by atoms with van der Waals surface area (Å²) in [6, 6.07) is 24.6. The summed E-state index contributed by atoms with van der Waals surface area (Å²) in [4.78, 5) is 35.9. The average molecular weight is 954 g/mol. The predicted molar refractivity (Wildman–Crippen MR) is 233 cm³/mol. The summed E-state index contributed by atoms with van der Waals surface area (Å²) < 4.78 is 118. The zero-order valence-electron chi connectivity index (χ0n) is 34.8. The standard InChI is InChI=1S/C23H15F3N4O4S.C23H20FN3O4S/c24-23(25,26)20-13-30-12-17(5-6-21(30)29-20)35(32,33)16-3-1-14(2-4-16)10-28-22(31)18-9-15-7-8-27-11-19(15)34-18;1-2-31-21-9-8-19(13-20(21)24)32(29,30)18-6-3-16(4-7-18)14-26-23(28)17-5-10-22-25-11-12-27(22)15-17/h1-9,11-13H,10H2,(H,28,31);3-13,15H,2,14H2,1H3,(H,26,28). The number of halogens is 4. The van der Waals surface area contributed by atoms with Gasteiger partial charge in [-0.05, 0) is 96.9 Å². The van der Waals surface area contributed by atoms with E-state index in [1.54, 1.807) is 72.5 Å². The van der Waals surface area contributed by atoms with Crippen molar-refractivity contribution in [2.45, 2.75) is 45.8 Å². The minimum absolute atomic E-state index is 0.00438. The molecule has 9 aromatic rings. The molecule has 6 heterocycles. The third-order valence-corrected chi connectivity index (χ3v) is 13.6. The lowest BCUT2D eigenvalue weighted by Gasteiger charge is -2.09. The average Bonchev–Trinajstić information content (AvgIpc) is 4.10. The number of amides is 2. The molecular formula is C46H35F4N7O8S2. The molecule has 0 unspecified atom stereocenters. The van der Waals surface area contributed by atoms with Crippen LogP contribution in [0.3, 0.4) is 0 Å². The molecule has 3 aromatic carbocycles. The molecule has 0 saturated carbocycles. The van der Waals surface area contributed by atoms with Crippen molar-refractivity contribution in [2.75, 3.05) is 6.61 Å². The van der Waals surface area contributed by atoms with E-state index in [-0.39, 0.29) is 62.3 Å². The van der Waals surface area contributed by atoms with Crippen molar-refractivity contribution in [3.63, 3.8) is 0 Å². The lowest BCUT2D eigenvalue weighted by Crippen LogP contribution is -2.23. The van der Waals surface area contributed by atoms with E-state index in [0.717, 1.165) is 39.5 Å². The van der Waals surface area contributed by atoms with Gasteiger partial charge >= 0.3 is 6.18 Å². The lowest BCUT2D eigenvalue weighted by atomic mass is 10.2. The summed E-state index contributed by atoms with van der Waals surface area (Å²) in [6.07, 6.45) is 5.35. The Bertz CT molecular complexity index is 3490. The molecule has 2 amide bonds. The topological polar surface area (TPSA) is 196 Å². The van der Waals surface area contributed by atoms with Gasteiger partial charge in [0.15, 0.2) is 28.6 Å². The lowest BCUT2D eigenvalue weighted by molar-refractivity contribution is -0.140. The van der Waals surface area contributed by atoms with Gasteiger partial charge in [-0.25, -0.2) is 31.2 Å². The van der Waals surface area contributed by atoms with Crippen LogP contribution in [0.5, 0.6) is 5.75 Å². The number of fused-ring (bicyclic) bond motifs is 3. The minimum Gasteiger partial charge on any atom is -0.491 e. The molecule has 9 rings (SSSR count). The highest BCUT2D eigenvalue weighted by molar-refractivity contribution is 7.91. The van der Waals surface area contributed by atoms with E-state index in [4.69, 9.17) is 9.15 Å². The van der Waals surface area contributed by atoms with Crippen LogP contribution in [0.15, 0.2) is 171 Å². The number of nitrogens with zero attached hydrogens (tertiary/aromatic N) is 5. The second kappa shape index (κ2) is 18.5. The molecule has 6 aromatic heterocycles. The van der Waals surface area contributed by atoms with E-state index in [2.05, 4.69) is 25.6 Å². The number of aromatic nitrogens is 5. The molecule has 0 bridgehead atoms. The van der Waals surface area contributed by atoms with Crippen molar-refractivity contribution >= 4 is 53.8 Å². The second-order valence-electron chi connectivity index (χ2n) is 14.6. The number of hydrogen-bond donors (Lipinski definition) is 2. The monoisotopic (exact) mass is 953 g/mol. The Morgan fingerprint density at radius 2 is 1.33 bits per heavy atom. The van der Waals surface area contributed by atoms with Crippen molar-refractivity contribution in [3.8, 4) is 5.75 Å². The van der Waals surface area contributed by atoms with Gasteiger partial charge in [-0.15, -0.1) is 0 Å². The number of carbonyl (C=O) groups excluding carboxylic acids is 2. The van der Waals surface area contributed by atoms with Crippen molar-refractivity contribution in [3.05, 3.63) is 180 Å². The first-order valence-corrected chi connectivity index (χ1v) is 23.0. The van der Waals surface area contributed by atoms with Crippen LogP contribution in [-0.4, -0.2) is 59.0 Å². The van der Waals surface area contributed by atoms with Crippen molar-refractivity contribution in [1.82, 2.24) is 34.4 Å². The summed E-state index contributed by atoms with van der Waals surface area (Å²) in [5.74, 6) is -1.31. The van der Waals surface area contributed by atoms with Gasteiger partial charge in [0, 0.05) is 55.7 Å². The van der Waals surface area contributed by atoms with Crippen LogP contribution in [0.25, 0.3) is 22.3 Å². The fraction of sp³-hybridized carbons (Fsp3) is 0.109. The zero-order valence-corrected chi connectivity index (χ0v) is 36.4. The fourth-order valence-electron chi connectivity index (χ4n) is 6.64. The zero-order chi connectivity index (χ0) is 47.5. The van der Waals surface area contributed by atoms with Crippen LogP contribution in [0.1, 0.15) is 44.7 Å². The number of pyridine rings is 3. The normalized spacial score (nSPS) is 11.9. The summed E-state index contributed by atoms with van der Waals surface area (Å²) in [5.41, 5.74) is 1.92. The first-order valence-electron chi connectivity index (χ1n) is 20.0. The summed E-state index contributed by atoms with van der Waals surface area (Å²) in [6.45, 7) is 2.33. The van der Waals surface area contributed by atoms with Gasteiger partial charge in [0.1, 0.15) is 11.3 Å². The Hall–Kier alpha value is -7.91. The smallest absolute Gasteiger partial charge is 0.434 e. The number of rotatable bonds is 12. The fourth-order valence-corrected chi connectivity index (χ4v) is 9.18. The largest absolute Gasteiger partial charge is 0.491 e. The highest BCUT2D eigenvalue weighted by Gasteiger charge is 2.34. The number of nitrogens with one attached hydrogen (secondary N) is 2. The maximum atomic E-state index is 14.1. The van der Waals surface area contributed by atoms with Crippen molar-refractivity contribution in [2.24, 2.45) is 0 Å². The number of imidazole rings is 2. The number of hydrogen-bond acceptors (Lipinski definition) is 11. The maximum absolute atomic E-state index is 14.1. The van der Waals surface area contributed by atoms with Gasteiger partial charge in [0.05, 0.1) is 37.9 Å². The third-order valence-electron chi connectivity index (χ3n) is 10.1. The number of sulfone groups is 2. The van der Waals surface area contributed by atoms with Gasteiger partial charge in [0.25, 0.3) is 11.8 Å². The summed E-state index contributed by atoms with van der Waals surface area (Å²) in [5, 5.41) is 6.24. The Morgan fingerprint density at radius 1 is 0.701 bits per heavy atom. The van der Waals surface area contributed by atoms with Crippen LogP contribution < -0.4 is 15.4 Å². The Kier molecular flexibility index (Phi) is 12.6. The van der Waals surface area contributed by atoms with E-state index in [1.807, 2.05) is 0 Å². The Balaban J connectivity index is 0.000000182. The first-order chi connectivity index (χ1) is 32.0. The number of alkyl halides is 3. The van der Waals surface area contributed by atoms with E-state index in [9.17, 15) is 44.0 Å². The maximum Gasteiger partial charge on any atom is 0.434 e. The van der Waals surface area contributed by atoms with Gasteiger partial charge in [-0.3, -0.25) is 14.6 Å². The van der Waals surface area contributed by atoms with Crippen LogP contribution >= 0.6 is 0 Å². The van der Waals surface area contributed by atoms with Crippen molar-refractivity contribution in [1.29, 1.82) is 0 Å². The minimum atomic E-state index is -4.64. The Morgan fingerprint density at radius 3 is 1.97 bits per heavy atom. The molecule has 0 spiro atoms. The number of furan rings is 1. The van der Waals surface area contributed by atoms with Gasteiger partial charge in [0.2, 0.25) is 19.7 Å². The molecule has 0 fully saturated rings. The second-order valence-corrected chi connectivity index (χ2v) is 18.5. The molecule has 0 atom stereocenters. The highest BCUT2D eigenvalue weighted by atomic mass is 32.2. The molecule has 15 nitrogen and oxygen atoms in total. The molecule has 0 radical (unpaired) electrons. The molecule has 21 heteroatoms. The number of ether oxygens (including phenoxy) is 1. The number of carbonyl (C=O) groups is 2. The van der Waals surface area contributed by atoms with E-state index < -0.39 is 43.3 Å². The third kappa shape index (κ3) is 10.0. The molecular weight excluding hydrogens is 919 g/mol. The molecule has 0 aliphatic rings. The van der Waals surface area contributed by atoms with E-state index in [1.165, 1.54) is 66.9 Å². The van der Waals surface area contributed by atoms with E-state index in [0.29, 0.717) is 16.7 Å². The molecule has 0 saturated heterocycles. The van der Waals surface area contributed by atoms with Gasteiger partial charge < -0.3 is 28.6 Å². The first kappa shape index (κ1) is 45.7. The van der Waals surface area contributed by atoms with Gasteiger partial charge in [-0.2, -0.15) is 13.2 Å². The highest BCUT2D eigenvalue weighted by Crippen LogP contribution is 2.30. The quantitative estimate of drug-likeness (QED) is 0.113. The molecule has 0 aliphatic heterocycles. The van der Waals surface area contributed by atoms with Crippen LogP contribution in [-0.2, 0) is 38.9 Å². The van der Waals surface area contributed by atoms with E-state index >= 15 is 0 Å². The summed E-state index contributed by atoms with van der Waals surface area (Å²) >= 11 is 0. The molecule has 67 heavy (non-hydrogen) atoms. The summed E-state index contributed by atoms with van der Waals surface area (Å²) in [7, 11) is -7.89. The van der Waals surface area contributed by atoms with Crippen LogP contribution in [0, 0.1) is 5.82 Å². The number of benzene rings is 3. The SMILES string of the molecule is CCOc1ccc(S(=O)(=O)c2ccc(CNC(=O)c3ccc4nccn4c3)cc2)cc1F.O=C(NCc1ccc(S(=O)(=O)c2ccc3nc(C(F)(F)F)cn3c2)cc1)c1cc2ccncc2o1. The van der Waals surface area contributed by atoms with Gasteiger partial charge in [-0.1, -0.05) is 24.3 Å².